The average Bonchev–Trinajstić information content (AvgIpc) is 2.49. The van der Waals surface area contributed by atoms with Crippen molar-refractivity contribution in [3.8, 4) is 11.8 Å². The van der Waals surface area contributed by atoms with E-state index in [-0.39, 0.29) is 29.8 Å². The van der Waals surface area contributed by atoms with Crippen molar-refractivity contribution in [2.75, 3.05) is 26.4 Å². The molecule has 0 fully saturated rings. The summed E-state index contributed by atoms with van der Waals surface area (Å²) in [5.74, 6) is 0.247. The molecule has 0 spiro atoms. The van der Waals surface area contributed by atoms with E-state index in [4.69, 9.17) is 14.7 Å². The predicted molar refractivity (Wildman–Crippen MR) is 90.8 cm³/mol. The first kappa shape index (κ1) is 19.9. The van der Waals surface area contributed by atoms with Crippen LogP contribution in [0.4, 0.5) is 0 Å². The van der Waals surface area contributed by atoms with Crippen molar-refractivity contribution < 1.29 is 17.9 Å². The number of hydrogen-bond acceptors (Lipinski definition) is 5. The number of halogens is 1. The molecule has 1 aromatic carbocycles. The third-order valence-corrected chi connectivity index (χ3v) is 5.52. The number of nitriles is 1. The molecule has 6 nitrogen and oxygen atoms in total. The molecule has 8 heteroatoms. The summed E-state index contributed by atoms with van der Waals surface area (Å²) >= 11 is 3.28. The highest BCUT2D eigenvalue weighted by molar-refractivity contribution is 9.10. The predicted octanol–water partition coefficient (Wildman–Crippen LogP) is 2.79. The van der Waals surface area contributed by atoms with Crippen molar-refractivity contribution >= 4 is 26.0 Å². The third-order valence-electron chi connectivity index (χ3n) is 2.98. The van der Waals surface area contributed by atoms with Crippen LogP contribution < -0.4 is 4.74 Å². The highest BCUT2D eigenvalue weighted by Crippen LogP contribution is 2.30. The van der Waals surface area contributed by atoms with Crippen molar-refractivity contribution in [1.29, 1.82) is 5.26 Å². The lowest BCUT2D eigenvalue weighted by Crippen LogP contribution is -2.37. The van der Waals surface area contributed by atoms with Crippen LogP contribution in [0, 0.1) is 11.3 Å². The van der Waals surface area contributed by atoms with Crippen molar-refractivity contribution in [3.63, 3.8) is 0 Å². The fourth-order valence-corrected chi connectivity index (χ4v) is 4.10. The summed E-state index contributed by atoms with van der Waals surface area (Å²) in [7, 11) is -3.84. The molecule has 0 radical (unpaired) electrons. The van der Waals surface area contributed by atoms with Crippen LogP contribution in [-0.4, -0.2) is 45.1 Å². The van der Waals surface area contributed by atoms with Gasteiger partial charge in [0.25, 0.3) is 0 Å². The Morgan fingerprint density at radius 1 is 1.35 bits per heavy atom. The fourth-order valence-electron chi connectivity index (χ4n) is 1.90. The lowest BCUT2D eigenvalue weighted by atomic mass is 10.3. The van der Waals surface area contributed by atoms with Crippen LogP contribution in [0.3, 0.4) is 0 Å². The first-order valence-electron chi connectivity index (χ1n) is 7.23. The quantitative estimate of drug-likeness (QED) is 0.466. The molecule has 0 N–H and O–H groups in total. The van der Waals surface area contributed by atoms with Crippen LogP contribution in [0.2, 0.25) is 0 Å². The molecule has 1 aromatic rings. The number of rotatable bonds is 9. The van der Waals surface area contributed by atoms with Crippen molar-refractivity contribution in [3.05, 3.63) is 22.7 Å². The van der Waals surface area contributed by atoms with Gasteiger partial charge >= 0.3 is 0 Å². The van der Waals surface area contributed by atoms with E-state index in [0.29, 0.717) is 17.7 Å². The van der Waals surface area contributed by atoms with Gasteiger partial charge in [-0.1, -0.05) is 15.9 Å². The largest absolute Gasteiger partial charge is 0.490 e. The molecular weight excluding hydrogens is 384 g/mol. The Morgan fingerprint density at radius 3 is 2.61 bits per heavy atom. The molecule has 0 aliphatic heterocycles. The molecular formula is C15H21BrN2O4S. The first-order valence-corrected chi connectivity index (χ1v) is 9.46. The van der Waals surface area contributed by atoms with Crippen LogP contribution >= 0.6 is 15.9 Å². The number of sulfonamides is 1. The number of ether oxygens (including phenoxy) is 2. The molecule has 0 saturated carbocycles. The Hall–Kier alpha value is -1.14. The zero-order valence-corrected chi connectivity index (χ0v) is 15.9. The van der Waals surface area contributed by atoms with Crippen LogP contribution in [0.1, 0.15) is 20.8 Å². The van der Waals surface area contributed by atoms with Crippen LogP contribution in [0.25, 0.3) is 0 Å². The summed E-state index contributed by atoms with van der Waals surface area (Å²) in [5.41, 5.74) is 0. The minimum absolute atomic E-state index is 0.0346. The van der Waals surface area contributed by atoms with Gasteiger partial charge in [0, 0.05) is 17.1 Å². The van der Waals surface area contributed by atoms with Gasteiger partial charge in [0.05, 0.1) is 12.7 Å². The van der Waals surface area contributed by atoms with Gasteiger partial charge in [-0.25, -0.2) is 8.42 Å². The summed E-state index contributed by atoms with van der Waals surface area (Å²) in [4.78, 5) is 0.0346. The molecule has 0 aliphatic rings. The summed E-state index contributed by atoms with van der Waals surface area (Å²) in [6.45, 7) is 6.29. The molecule has 0 saturated heterocycles. The molecule has 0 amide bonds. The van der Waals surface area contributed by atoms with E-state index in [0.717, 1.165) is 4.31 Å². The summed E-state index contributed by atoms with van der Waals surface area (Å²) in [6, 6.07) is 6.34. The lowest BCUT2D eigenvalue weighted by molar-refractivity contribution is 0.109. The minimum Gasteiger partial charge on any atom is -0.490 e. The smallest absolute Gasteiger partial charge is 0.247 e. The Bertz CT molecular complexity index is 656. The van der Waals surface area contributed by atoms with E-state index >= 15 is 0 Å². The zero-order valence-electron chi connectivity index (χ0n) is 13.5. The molecule has 128 valence electrons. The molecule has 0 aliphatic carbocycles. The standard InChI is InChI=1S/C15H21BrN2O4S/c1-4-21-9-10-22-14-6-5-13(16)11-15(14)23(19,20)18(8-7-17)12(2)3/h5-6,11-12H,4,8-10H2,1-3H3. The van der Waals surface area contributed by atoms with Crippen LogP contribution in [0.5, 0.6) is 5.75 Å². The Labute approximate surface area is 146 Å². The summed E-state index contributed by atoms with van der Waals surface area (Å²) in [6.07, 6.45) is 0. The van der Waals surface area contributed by atoms with Crippen LogP contribution in [0.15, 0.2) is 27.6 Å². The third kappa shape index (κ3) is 5.46. The first-order chi connectivity index (χ1) is 10.8. The van der Waals surface area contributed by atoms with E-state index in [1.54, 1.807) is 26.0 Å². The fraction of sp³-hybridized carbons (Fsp3) is 0.533. The van der Waals surface area contributed by atoms with E-state index < -0.39 is 10.0 Å². The maximum atomic E-state index is 12.9. The van der Waals surface area contributed by atoms with Gasteiger partial charge in [0.1, 0.15) is 23.8 Å². The number of nitrogens with zero attached hydrogens (tertiary/aromatic N) is 2. The normalized spacial score (nSPS) is 11.7. The zero-order chi connectivity index (χ0) is 17.5. The minimum atomic E-state index is -3.84. The van der Waals surface area contributed by atoms with E-state index in [9.17, 15) is 8.42 Å². The number of hydrogen-bond donors (Lipinski definition) is 0. The molecule has 0 heterocycles. The van der Waals surface area contributed by atoms with Gasteiger partial charge < -0.3 is 9.47 Å². The second-order valence-corrected chi connectivity index (χ2v) is 7.71. The molecule has 0 atom stereocenters. The maximum absolute atomic E-state index is 12.9. The van der Waals surface area contributed by atoms with E-state index in [2.05, 4.69) is 15.9 Å². The van der Waals surface area contributed by atoms with Crippen LogP contribution in [-0.2, 0) is 14.8 Å². The van der Waals surface area contributed by atoms with Gasteiger partial charge in [-0.05, 0) is 39.0 Å². The van der Waals surface area contributed by atoms with Gasteiger partial charge in [-0.3, -0.25) is 0 Å². The van der Waals surface area contributed by atoms with Crippen molar-refractivity contribution in [2.45, 2.75) is 31.7 Å². The van der Waals surface area contributed by atoms with Gasteiger partial charge in [-0.2, -0.15) is 9.57 Å². The topological polar surface area (TPSA) is 79.6 Å². The van der Waals surface area contributed by atoms with Gasteiger partial charge in [0.2, 0.25) is 10.0 Å². The lowest BCUT2D eigenvalue weighted by Gasteiger charge is -2.24. The van der Waals surface area contributed by atoms with Crippen molar-refractivity contribution in [1.82, 2.24) is 4.31 Å². The summed E-state index contributed by atoms with van der Waals surface area (Å²) in [5, 5.41) is 8.91. The molecule has 0 unspecified atom stereocenters. The highest BCUT2D eigenvalue weighted by Gasteiger charge is 2.30. The number of benzene rings is 1. The van der Waals surface area contributed by atoms with E-state index in [1.165, 1.54) is 6.07 Å². The molecule has 1 rings (SSSR count). The maximum Gasteiger partial charge on any atom is 0.247 e. The summed E-state index contributed by atoms with van der Waals surface area (Å²) < 4.78 is 38.2. The Balaban J connectivity index is 3.17. The Morgan fingerprint density at radius 2 is 2.04 bits per heavy atom. The monoisotopic (exact) mass is 404 g/mol. The molecule has 0 aromatic heterocycles. The Kier molecular flexibility index (Phi) is 7.99. The SMILES string of the molecule is CCOCCOc1ccc(Br)cc1S(=O)(=O)N(CC#N)C(C)C. The van der Waals surface area contributed by atoms with Crippen molar-refractivity contribution in [2.24, 2.45) is 0 Å². The van der Waals surface area contributed by atoms with Gasteiger partial charge in [-0.15, -0.1) is 0 Å². The second kappa shape index (κ2) is 9.23. The average molecular weight is 405 g/mol. The highest BCUT2D eigenvalue weighted by atomic mass is 79.9. The molecule has 23 heavy (non-hydrogen) atoms. The van der Waals surface area contributed by atoms with E-state index in [1.807, 2.05) is 13.0 Å². The van der Waals surface area contributed by atoms with Gasteiger partial charge in [0.15, 0.2) is 0 Å². The second-order valence-electron chi connectivity index (χ2n) is 4.94. The molecule has 0 bridgehead atoms.